The molecule has 2 unspecified atom stereocenters. The van der Waals surface area contributed by atoms with Gasteiger partial charge in [0.2, 0.25) is 5.95 Å². The molecule has 1 saturated carbocycles. The summed E-state index contributed by atoms with van der Waals surface area (Å²) >= 11 is 0. The van der Waals surface area contributed by atoms with Crippen LogP contribution in [0.5, 0.6) is 0 Å². The van der Waals surface area contributed by atoms with Gasteiger partial charge in [-0.2, -0.15) is 0 Å². The number of piperazine rings is 1. The van der Waals surface area contributed by atoms with Crippen molar-refractivity contribution in [2.24, 2.45) is 5.92 Å². The molecule has 0 radical (unpaired) electrons. The number of aldehydes is 1. The number of anilines is 1. The number of nitrogens with one attached hydrogen (secondary N) is 1. The largest absolute Gasteiger partial charge is 0.332 e. The van der Waals surface area contributed by atoms with Crippen LogP contribution in [0.25, 0.3) is 0 Å². The van der Waals surface area contributed by atoms with Crippen LogP contribution in [-0.2, 0) is 11.2 Å². The Hall–Kier alpha value is -1.53. The lowest BCUT2D eigenvalue weighted by atomic mass is 9.96. The quantitative estimate of drug-likeness (QED) is 0.718. The van der Waals surface area contributed by atoms with Crippen LogP contribution in [-0.4, -0.2) is 66.0 Å². The molecule has 3 saturated heterocycles. The number of aromatic nitrogens is 2. The van der Waals surface area contributed by atoms with E-state index in [-0.39, 0.29) is 0 Å². The van der Waals surface area contributed by atoms with Crippen LogP contribution >= 0.6 is 0 Å². The number of fused-ring (bicyclic) bond motifs is 2. The molecule has 174 valence electrons. The zero-order valence-electron chi connectivity index (χ0n) is 19.8. The zero-order valence-corrected chi connectivity index (χ0v) is 19.8. The predicted octanol–water partition coefficient (Wildman–Crippen LogP) is 3.85. The second-order valence-electron chi connectivity index (χ2n) is 9.46. The number of hydrogen-bond donors (Lipinski definition) is 1. The first-order chi connectivity index (χ1) is 15.2. The highest BCUT2D eigenvalue weighted by atomic mass is 16.1. The summed E-state index contributed by atoms with van der Waals surface area (Å²) in [6.45, 7) is 9.87. The van der Waals surface area contributed by atoms with Gasteiger partial charge in [0.25, 0.3) is 0 Å². The fourth-order valence-corrected chi connectivity index (χ4v) is 5.05. The highest BCUT2D eigenvalue weighted by molar-refractivity contribution is 5.48. The third kappa shape index (κ3) is 7.25. The van der Waals surface area contributed by atoms with E-state index >= 15 is 0 Å². The molecule has 6 heteroatoms. The molecule has 31 heavy (non-hydrogen) atoms. The molecule has 4 fully saturated rings. The number of hydrogen-bond acceptors (Lipinski definition) is 6. The second-order valence-corrected chi connectivity index (χ2v) is 9.46. The molecule has 4 aliphatic rings. The van der Waals surface area contributed by atoms with E-state index in [0.717, 1.165) is 44.2 Å². The lowest BCUT2D eigenvalue weighted by Crippen LogP contribution is -2.54. The summed E-state index contributed by atoms with van der Waals surface area (Å²) in [5.74, 6) is 1.73. The lowest BCUT2D eigenvalue weighted by molar-refractivity contribution is -0.107. The first kappa shape index (κ1) is 24.1. The van der Waals surface area contributed by atoms with Crippen molar-refractivity contribution < 1.29 is 4.79 Å². The molecule has 3 aliphatic heterocycles. The molecule has 5 rings (SSSR count). The van der Waals surface area contributed by atoms with Crippen molar-refractivity contribution in [2.45, 2.75) is 90.1 Å². The van der Waals surface area contributed by atoms with E-state index in [2.05, 4.69) is 32.0 Å². The minimum absolute atomic E-state index is 0.616. The Morgan fingerprint density at radius 2 is 1.48 bits per heavy atom. The Kier molecular flexibility index (Phi) is 10.2. The molecule has 0 spiro atoms. The monoisotopic (exact) mass is 429 g/mol. The molecule has 1 N–H and O–H groups in total. The summed E-state index contributed by atoms with van der Waals surface area (Å²) in [6, 6.07) is 1.23. The average molecular weight is 430 g/mol. The number of likely N-dealkylation sites (N-methyl/N-ethyl adjacent to an activating group) is 1. The number of carbonyl (C=O) groups excluding carboxylic acids is 1. The third-order valence-corrected chi connectivity index (χ3v) is 6.98. The highest BCUT2D eigenvalue weighted by Crippen LogP contribution is 2.32. The van der Waals surface area contributed by atoms with Gasteiger partial charge in [0.05, 0.1) is 0 Å². The molecule has 2 bridgehead atoms. The van der Waals surface area contributed by atoms with Crippen LogP contribution in [0.4, 0.5) is 5.95 Å². The Bertz CT molecular complexity index is 604. The van der Waals surface area contributed by atoms with Crippen LogP contribution in [0.2, 0.25) is 0 Å². The van der Waals surface area contributed by atoms with Gasteiger partial charge in [-0.15, -0.1) is 0 Å². The molecule has 6 nitrogen and oxygen atoms in total. The highest BCUT2D eigenvalue weighted by Gasteiger charge is 2.40. The van der Waals surface area contributed by atoms with Gasteiger partial charge in [-0.3, -0.25) is 4.90 Å². The first-order valence-corrected chi connectivity index (χ1v) is 12.7. The fourth-order valence-electron chi connectivity index (χ4n) is 5.05. The predicted molar refractivity (Wildman–Crippen MR) is 128 cm³/mol. The van der Waals surface area contributed by atoms with Crippen LogP contribution < -0.4 is 10.2 Å². The van der Waals surface area contributed by atoms with Gasteiger partial charge in [-0.05, 0) is 50.4 Å². The Balaban J connectivity index is 0.000000227. The van der Waals surface area contributed by atoms with E-state index in [1.807, 2.05) is 19.3 Å². The minimum Gasteiger partial charge on any atom is -0.332 e. The Labute approximate surface area is 189 Å². The van der Waals surface area contributed by atoms with Crippen molar-refractivity contribution >= 4 is 12.2 Å². The number of carbonyl (C=O) groups is 1. The van der Waals surface area contributed by atoms with Crippen molar-refractivity contribution in [2.75, 3.05) is 37.6 Å². The van der Waals surface area contributed by atoms with Gasteiger partial charge in [-0.1, -0.05) is 52.4 Å². The standard InChI is InChI=1S/C16H25N5.C6H12.C3H6O/c1-2-20-10-14-3-4-15(11-20)21(14)16-18-8-13(9-19-16)5-12-6-17-7-12;1-2-4-6-5-3-1;1-2-3-4/h8-9,12,14-15,17H,2-7,10-11H2,1H3;1-6H2;3H,2H2,1H3. The van der Waals surface area contributed by atoms with Gasteiger partial charge in [0.1, 0.15) is 6.29 Å². The molecule has 1 aromatic rings. The minimum atomic E-state index is 0.616. The maximum Gasteiger partial charge on any atom is 0.225 e. The molecule has 0 amide bonds. The summed E-state index contributed by atoms with van der Waals surface area (Å²) in [5, 5.41) is 3.32. The summed E-state index contributed by atoms with van der Waals surface area (Å²) in [4.78, 5) is 23.6. The van der Waals surface area contributed by atoms with Crippen molar-refractivity contribution in [3.63, 3.8) is 0 Å². The van der Waals surface area contributed by atoms with Gasteiger partial charge in [0.15, 0.2) is 0 Å². The van der Waals surface area contributed by atoms with E-state index < -0.39 is 0 Å². The number of nitrogens with zero attached hydrogens (tertiary/aromatic N) is 4. The summed E-state index contributed by atoms with van der Waals surface area (Å²) in [5.41, 5.74) is 1.28. The first-order valence-electron chi connectivity index (χ1n) is 12.7. The normalized spacial score (nSPS) is 25.5. The van der Waals surface area contributed by atoms with Gasteiger partial charge >= 0.3 is 0 Å². The molecule has 4 heterocycles. The topological polar surface area (TPSA) is 61.4 Å². The number of rotatable bonds is 5. The van der Waals surface area contributed by atoms with Crippen LogP contribution in [0.3, 0.4) is 0 Å². The molecular formula is C25H43N5O. The Morgan fingerprint density at radius 1 is 0.968 bits per heavy atom. The summed E-state index contributed by atoms with van der Waals surface area (Å²) in [6.07, 6.45) is 18.3. The molecule has 1 aromatic heterocycles. The van der Waals surface area contributed by atoms with Crippen LogP contribution in [0.15, 0.2) is 12.4 Å². The van der Waals surface area contributed by atoms with Crippen LogP contribution in [0, 0.1) is 5.92 Å². The lowest BCUT2D eigenvalue weighted by Gasteiger charge is -2.40. The van der Waals surface area contributed by atoms with Gasteiger partial charge in [-0.25, -0.2) is 9.97 Å². The summed E-state index contributed by atoms with van der Waals surface area (Å²) in [7, 11) is 0. The van der Waals surface area contributed by atoms with Crippen molar-refractivity contribution in [1.82, 2.24) is 20.2 Å². The van der Waals surface area contributed by atoms with Crippen molar-refractivity contribution in [3.8, 4) is 0 Å². The van der Waals surface area contributed by atoms with Crippen LogP contribution in [0.1, 0.15) is 77.2 Å². The average Bonchev–Trinajstić information content (AvgIpc) is 3.07. The fraction of sp³-hybridized carbons (Fsp3) is 0.800. The molecular weight excluding hydrogens is 386 g/mol. The molecule has 1 aliphatic carbocycles. The molecule has 2 atom stereocenters. The van der Waals surface area contributed by atoms with Crippen molar-refractivity contribution in [3.05, 3.63) is 18.0 Å². The second kappa shape index (κ2) is 13.1. The third-order valence-electron chi connectivity index (χ3n) is 6.98. The van der Waals surface area contributed by atoms with Crippen molar-refractivity contribution in [1.29, 1.82) is 0 Å². The van der Waals surface area contributed by atoms with E-state index in [4.69, 9.17) is 0 Å². The van der Waals surface area contributed by atoms with E-state index in [1.54, 1.807) is 0 Å². The van der Waals surface area contributed by atoms with E-state index in [0.29, 0.717) is 18.5 Å². The van der Waals surface area contributed by atoms with E-state index in [1.165, 1.54) is 70.0 Å². The summed E-state index contributed by atoms with van der Waals surface area (Å²) < 4.78 is 0. The zero-order chi connectivity index (χ0) is 21.9. The molecule has 0 aromatic carbocycles. The van der Waals surface area contributed by atoms with E-state index in [9.17, 15) is 4.79 Å². The van der Waals surface area contributed by atoms with Gasteiger partial charge in [0, 0.05) is 44.0 Å². The maximum absolute atomic E-state index is 9.17. The van der Waals surface area contributed by atoms with Gasteiger partial charge < -0.3 is 15.0 Å². The smallest absolute Gasteiger partial charge is 0.225 e. The maximum atomic E-state index is 9.17. The SMILES string of the molecule is C1CCCCC1.CCC=O.CCN1CC2CCC(C1)N2c1ncc(CC2CNC2)cn1. The number of likely N-dealkylation sites (tertiary alicyclic amines) is 1. The Morgan fingerprint density at radius 3 is 1.87 bits per heavy atom.